The molecule has 1 heterocycles. The van der Waals surface area contributed by atoms with Crippen LogP contribution in [0.3, 0.4) is 0 Å². The number of nitrogens with zero attached hydrogens (tertiary/aromatic N) is 1. The minimum atomic E-state index is -0.639. The Balaban J connectivity index is 2.00. The highest BCUT2D eigenvalue weighted by atomic mass is 16.2. The minimum Gasteiger partial charge on any atom is -0.344 e. The van der Waals surface area contributed by atoms with Crippen LogP contribution in [0, 0.1) is 0 Å². The summed E-state index contributed by atoms with van der Waals surface area (Å²) in [6, 6.07) is 8.23. The first-order valence-corrected chi connectivity index (χ1v) is 9.13. The second kappa shape index (κ2) is 10.0. The van der Waals surface area contributed by atoms with Gasteiger partial charge in [0.2, 0.25) is 11.8 Å². The highest BCUT2D eigenvalue weighted by Crippen LogP contribution is 2.19. The van der Waals surface area contributed by atoms with Crippen molar-refractivity contribution in [1.29, 1.82) is 0 Å². The van der Waals surface area contributed by atoms with Gasteiger partial charge in [-0.3, -0.25) is 14.4 Å². The maximum absolute atomic E-state index is 12.7. The Labute approximate surface area is 154 Å². The summed E-state index contributed by atoms with van der Waals surface area (Å²) in [5, 5.41) is 2.81. The van der Waals surface area contributed by atoms with Crippen LogP contribution >= 0.6 is 0 Å². The third-order valence-electron chi connectivity index (χ3n) is 4.62. The van der Waals surface area contributed by atoms with Crippen LogP contribution in [0.25, 0.3) is 0 Å². The number of ketones is 1. The predicted octanol–water partition coefficient (Wildman–Crippen LogP) is -0.0284. The van der Waals surface area contributed by atoms with Gasteiger partial charge in [-0.1, -0.05) is 30.3 Å². The van der Waals surface area contributed by atoms with Crippen LogP contribution in [0.2, 0.25) is 0 Å². The van der Waals surface area contributed by atoms with E-state index in [1.54, 1.807) is 4.90 Å². The summed E-state index contributed by atoms with van der Waals surface area (Å²) in [5.41, 5.74) is 12.0. The van der Waals surface area contributed by atoms with Gasteiger partial charge >= 0.3 is 0 Å². The number of nitrogens with two attached hydrogens (primary N) is 2. The van der Waals surface area contributed by atoms with Crippen molar-refractivity contribution in [2.75, 3.05) is 19.6 Å². The molecular weight excluding hydrogens is 332 g/mol. The summed E-state index contributed by atoms with van der Waals surface area (Å²) in [7, 11) is 0. The number of carbonyl (C=O) groups is 3. The normalized spacial score (nSPS) is 17.8. The fourth-order valence-electron chi connectivity index (χ4n) is 3.27. The highest BCUT2D eigenvalue weighted by Gasteiger charge is 2.35. The maximum Gasteiger partial charge on any atom is 0.243 e. The lowest BCUT2D eigenvalue weighted by Crippen LogP contribution is -2.51. The topological polar surface area (TPSA) is 119 Å². The number of amides is 2. The number of rotatable bonds is 9. The summed E-state index contributed by atoms with van der Waals surface area (Å²) in [6.45, 7) is 1.11. The number of benzene rings is 1. The van der Waals surface area contributed by atoms with Crippen molar-refractivity contribution < 1.29 is 14.4 Å². The molecule has 1 fully saturated rings. The molecule has 7 heteroatoms. The average Bonchev–Trinajstić information content (AvgIpc) is 3.12. The molecule has 2 rings (SSSR count). The van der Waals surface area contributed by atoms with Crippen LogP contribution in [-0.4, -0.2) is 54.2 Å². The van der Waals surface area contributed by atoms with Gasteiger partial charge in [0.15, 0.2) is 5.78 Å². The van der Waals surface area contributed by atoms with Crippen molar-refractivity contribution in [3.63, 3.8) is 0 Å². The molecule has 0 aliphatic carbocycles. The van der Waals surface area contributed by atoms with Crippen molar-refractivity contribution in [3.8, 4) is 0 Å². The van der Waals surface area contributed by atoms with Crippen LogP contribution in [-0.2, 0) is 20.8 Å². The summed E-state index contributed by atoms with van der Waals surface area (Å²) < 4.78 is 0. The van der Waals surface area contributed by atoms with Gasteiger partial charge in [0.25, 0.3) is 0 Å². The van der Waals surface area contributed by atoms with E-state index in [0.29, 0.717) is 25.9 Å². The van der Waals surface area contributed by atoms with Gasteiger partial charge in [0.05, 0.1) is 6.04 Å². The molecule has 0 radical (unpaired) electrons. The number of carbonyl (C=O) groups excluding carboxylic acids is 3. The number of hydrogen-bond acceptors (Lipinski definition) is 5. The van der Waals surface area contributed by atoms with Crippen molar-refractivity contribution in [1.82, 2.24) is 10.2 Å². The molecule has 2 atom stereocenters. The van der Waals surface area contributed by atoms with Crippen LogP contribution in [0.5, 0.6) is 0 Å². The van der Waals surface area contributed by atoms with Gasteiger partial charge in [-0.05, 0) is 31.4 Å². The van der Waals surface area contributed by atoms with Crippen LogP contribution in [0.15, 0.2) is 30.3 Å². The number of hydrogen-bond donors (Lipinski definition) is 3. The van der Waals surface area contributed by atoms with E-state index in [-0.39, 0.29) is 37.0 Å². The van der Waals surface area contributed by atoms with Crippen LogP contribution in [0.1, 0.15) is 31.2 Å². The van der Waals surface area contributed by atoms with Crippen LogP contribution in [0.4, 0.5) is 0 Å². The van der Waals surface area contributed by atoms with Crippen molar-refractivity contribution >= 4 is 17.6 Å². The van der Waals surface area contributed by atoms with E-state index in [9.17, 15) is 14.4 Å². The lowest BCUT2D eigenvalue weighted by atomic mass is 10.0. The monoisotopic (exact) mass is 360 g/mol. The summed E-state index contributed by atoms with van der Waals surface area (Å²) >= 11 is 0. The summed E-state index contributed by atoms with van der Waals surface area (Å²) in [6.07, 6.45) is 2.22. The molecule has 0 saturated carbocycles. The Morgan fingerprint density at radius 3 is 2.54 bits per heavy atom. The SMILES string of the molecule is NCCC(=O)N1CCC[C@H]1C(=O)N[C@@H](CCN)C(=O)Cc1ccccc1. The second-order valence-corrected chi connectivity index (χ2v) is 6.55. The molecule has 1 aliphatic heterocycles. The lowest BCUT2D eigenvalue weighted by Gasteiger charge is -2.26. The molecule has 1 saturated heterocycles. The zero-order chi connectivity index (χ0) is 18.9. The Bertz CT molecular complexity index is 620. The Morgan fingerprint density at radius 1 is 1.15 bits per heavy atom. The molecule has 1 aromatic carbocycles. The number of nitrogens with one attached hydrogen (secondary N) is 1. The molecule has 1 aliphatic rings. The molecule has 0 unspecified atom stereocenters. The molecule has 2 amide bonds. The largest absolute Gasteiger partial charge is 0.344 e. The van der Waals surface area contributed by atoms with Gasteiger partial charge in [-0.25, -0.2) is 0 Å². The van der Waals surface area contributed by atoms with E-state index < -0.39 is 12.1 Å². The van der Waals surface area contributed by atoms with Crippen molar-refractivity contribution in [3.05, 3.63) is 35.9 Å². The lowest BCUT2D eigenvalue weighted by molar-refractivity contribution is -0.139. The zero-order valence-electron chi connectivity index (χ0n) is 15.0. The summed E-state index contributed by atoms with van der Waals surface area (Å²) in [5.74, 6) is -0.475. The zero-order valence-corrected chi connectivity index (χ0v) is 15.0. The second-order valence-electron chi connectivity index (χ2n) is 6.55. The average molecular weight is 360 g/mol. The van der Waals surface area contributed by atoms with E-state index >= 15 is 0 Å². The third-order valence-corrected chi connectivity index (χ3v) is 4.62. The Hall–Kier alpha value is -2.25. The van der Waals surface area contributed by atoms with Gasteiger partial charge in [0, 0.05) is 25.9 Å². The number of Topliss-reactive ketones (excluding diaryl/α,β-unsaturated/α-hetero) is 1. The van der Waals surface area contributed by atoms with E-state index in [1.807, 2.05) is 30.3 Å². The Kier molecular flexibility index (Phi) is 7.74. The molecule has 26 heavy (non-hydrogen) atoms. The molecule has 5 N–H and O–H groups in total. The van der Waals surface area contributed by atoms with Crippen LogP contribution < -0.4 is 16.8 Å². The Morgan fingerprint density at radius 2 is 1.88 bits per heavy atom. The van der Waals surface area contributed by atoms with E-state index in [2.05, 4.69) is 5.32 Å². The third kappa shape index (κ3) is 5.37. The first-order valence-electron chi connectivity index (χ1n) is 9.13. The fraction of sp³-hybridized carbons (Fsp3) is 0.526. The molecule has 1 aromatic rings. The fourth-order valence-corrected chi connectivity index (χ4v) is 3.27. The quantitative estimate of drug-likeness (QED) is 0.571. The van der Waals surface area contributed by atoms with Gasteiger partial charge in [-0.2, -0.15) is 0 Å². The minimum absolute atomic E-state index is 0.0761. The van der Waals surface area contributed by atoms with Gasteiger partial charge < -0.3 is 21.7 Å². The summed E-state index contributed by atoms with van der Waals surface area (Å²) in [4.78, 5) is 39.0. The first kappa shape index (κ1) is 20.1. The molecule has 142 valence electrons. The molecule has 0 spiro atoms. The van der Waals surface area contributed by atoms with E-state index in [1.165, 1.54) is 0 Å². The predicted molar refractivity (Wildman–Crippen MR) is 99.2 cm³/mol. The molecule has 0 bridgehead atoms. The smallest absolute Gasteiger partial charge is 0.243 e. The van der Waals surface area contributed by atoms with Crippen molar-refractivity contribution in [2.45, 2.75) is 44.2 Å². The molecular formula is C19H28N4O3. The van der Waals surface area contributed by atoms with Gasteiger partial charge in [-0.15, -0.1) is 0 Å². The first-order chi connectivity index (χ1) is 12.6. The molecule has 0 aromatic heterocycles. The van der Waals surface area contributed by atoms with E-state index in [4.69, 9.17) is 11.5 Å². The highest BCUT2D eigenvalue weighted by molar-refractivity contribution is 5.93. The van der Waals surface area contributed by atoms with Crippen molar-refractivity contribution in [2.24, 2.45) is 11.5 Å². The molecule has 7 nitrogen and oxygen atoms in total. The van der Waals surface area contributed by atoms with E-state index in [0.717, 1.165) is 12.0 Å². The standard InChI is InChI=1S/C19H28N4O3/c20-10-8-15(17(24)13-14-5-2-1-3-6-14)22-19(26)16-7-4-12-23(16)18(25)9-11-21/h1-3,5-6,15-16H,4,7-13,20-21H2,(H,22,26)/t15-,16-/m0/s1. The number of likely N-dealkylation sites (tertiary alicyclic amines) is 1. The van der Waals surface area contributed by atoms with Gasteiger partial charge in [0.1, 0.15) is 6.04 Å². The maximum atomic E-state index is 12.7.